The number of aromatic nitrogens is 2. The van der Waals surface area contributed by atoms with E-state index in [4.69, 9.17) is 5.26 Å². The quantitative estimate of drug-likeness (QED) is 0.711. The molecule has 3 aromatic rings. The van der Waals surface area contributed by atoms with Crippen LogP contribution in [0.2, 0.25) is 0 Å². The molecule has 0 saturated heterocycles. The molecule has 98 valence electrons. The highest BCUT2D eigenvalue weighted by molar-refractivity contribution is 5.67. The van der Waals surface area contributed by atoms with Crippen LogP contribution >= 0.6 is 0 Å². The third-order valence-corrected chi connectivity index (χ3v) is 3.25. The summed E-state index contributed by atoms with van der Waals surface area (Å²) in [5.74, 6) is -0.343. The second kappa shape index (κ2) is 4.78. The van der Waals surface area contributed by atoms with E-state index in [1.54, 1.807) is 10.5 Å². The van der Waals surface area contributed by atoms with E-state index in [-0.39, 0.29) is 12.2 Å². The van der Waals surface area contributed by atoms with Crippen molar-refractivity contribution in [3.8, 4) is 17.3 Å². The summed E-state index contributed by atoms with van der Waals surface area (Å²) in [4.78, 5) is 4.52. The van der Waals surface area contributed by atoms with E-state index in [9.17, 15) is 4.39 Å². The van der Waals surface area contributed by atoms with Gasteiger partial charge in [0.05, 0.1) is 23.9 Å². The Morgan fingerprint density at radius 1 is 1.20 bits per heavy atom. The first-order chi connectivity index (χ1) is 9.69. The van der Waals surface area contributed by atoms with Crippen LogP contribution in [0.5, 0.6) is 0 Å². The predicted octanol–water partition coefficient (Wildman–Crippen LogP) is 3.51. The average molecular weight is 265 g/mol. The van der Waals surface area contributed by atoms with E-state index < -0.39 is 0 Å². The molecule has 1 aromatic carbocycles. The first-order valence-electron chi connectivity index (χ1n) is 6.29. The molecule has 3 rings (SSSR count). The Labute approximate surface area is 115 Å². The number of imidazole rings is 1. The minimum Gasteiger partial charge on any atom is -0.299 e. The molecule has 0 atom stereocenters. The van der Waals surface area contributed by atoms with E-state index in [2.05, 4.69) is 11.1 Å². The van der Waals surface area contributed by atoms with Gasteiger partial charge in [0.15, 0.2) is 0 Å². The van der Waals surface area contributed by atoms with Gasteiger partial charge in [0, 0.05) is 11.8 Å². The average Bonchev–Trinajstić information content (AvgIpc) is 2.79. The van der Waals surface area contributed by atoms with Gasteiger partial charge < -0.3 is 0 Å². The summed E-state index contributed by atoms with van der Waals surface area (Å²) in [5.41, 5.74) is 4.19. The molecule has 0 fully saturated rings. The van der Waals surface area contributed by atoms with Crippen LogP contribution in [-0.2, 0) is 6.42 Å². The van der Waals surface area contributed by atoms with Crippen LogP contribution in [0.4, 0.5) is 4.39 Å². The maximum atomic E-state index is 13.4. The summed E-state index contributed by atoms with van der Waals surface area (Å²) in [6, 6.07) is 13.0. The maximum absolute atomic E-state index is 13.4. The van der Waals surface area contributed by atoms with E-state index >= 15 is 0 Å². The summed E-state index contributed by atoms with van der Waals surface area (Å²) in [7, 11) is 0. The second-order valence-corrected chi connectivity index (χ2v) is 4.68. The van der Waals surface area contributed by atoms with Gasteiger partial charge in [-0.1, -0.05) is 29.8 Å². The lowest BCUT2D eigenvalue weighted by Crippen LogP contribution is -1.94. The Bertz CT molecular complexity index is 810. The molecule has 0 aliphatic rings. The van der Waals surface area contributed by atoms with Gasteiger partial charge in [0.25, 0.3) is 0 Å². The highest BCUT2D eigenvalue weighted by Crippen LogP contribution is 2.25. The van der Waals surface area contributed by atoms with Gasteiger partial charge in [-0.2, -0.15) is 5.26 Å². The van der Waals surface area contributed by atoms with Crippen molar-refractivity contribution in [3.63, 3.8) is 0 Å². The summed E-state index contributed by atoms with van der Waals surface area (Å²) in [5, 5.41) is 9.00. The molecule has 0 aliphatic heterocycles. The smallest absolute Gasteiger partial charge is 0.139 e. The zero-order chi connectivity index (χ0) is 14.1. The van der Waals surface area contributed by atoms with Crippen molar-refractivity contribution >= 4 is 5.65 Å². The van der Waals surface area contributed by atoms with Crippen LogP contribution in [0.1, 0.15) is 11.3 Å². The molecule has 0 bridgehead atoms. The first kappa shape index (κ1) is 12.4. The van der Waals surface area contributed by atoms with Gasteiger partial charge in [-0.05, 0) is 19.1 Å². The predicted molar refractivity (Wildman–Crippen MR) is 74.6 cm³/mol. The van der Waals surface area contributed by atoms with Gasteiger partial charge in [0.1, 0.15) is 11.5 Å². The molecule has 0 amide bonds. The molecule has 0 N–H and O–H groups in total. The van der Waals surface area contributed by atoms with Crippen molar-refractivity contribution in [2.24, 2.45) is 0 Å². The van der Waals surface area contributed by atoms with Crippen LogP contribution in [-0.4, -0.2) is 9.38 Å². The summed E-state index contributed by atoms with van der Waals surface area (Å²) in [6.07, 6.45) is 1.56. The third kappa shape index (κ3) is 2.04. The number of fused-ring (bicyclic) bond motifs is 1. The van der Waals surface area contributed by atoms with Gasteiger partial charge in [-0.15, -0.1) is 0 Å². The van der Waals surface area contributed by atoms with Gasteiger partial charge >= 0.3 is 0 Å². The Kier molecular flexibility index (Phi) is 2.96. The van der Waals surface area contributed by atoms with Crippen molar-refractivity contribution < 1.29 is 4.39 Å². The molecule has 4 heteroatoms. The third-order valence-electron chi connectivity index (χ3n) is 3.25. The molecule has 2 heterocycles. The Morgan fingerprint density at radius 3 is 2.65 bits per heavy atom. The summed E-state index contributed by atoms with van der Waals surface area (Å²) in [6.45, 7) is 2.01. The molecule has 0 aliphatic carbocycles. The highest BCUT2D eigenvalue weighted by atomic mass is 19.1. The van der Waals surface area contributed by atoms with Crippen LogP contribution in [0.15, 0.2) is 42.6 Å². The molecule has 3 nitrogen and oxygen atoms in total. The normalized spacial score (nSPS) is 10.7. The monoisotopic (exact) mass is 265 g/mol. The number of pyridine rings is 1. The standard InChI is InChI=1S/C16H12FN3/c1-11-2-4-12(5-3-11)16-14(8-9-18)20-10-13(17)6-7-15(20)19-16/h2-7,10H,8H2,1H3. The van der Waals surface area contributed by atoms with Gasteiger partial charge in [-0.3, -0.25) is 4.40 Å². The number of halogens is 1. The molecule has 0 unspecified atom stereocenters. The Balaban J connectivity index is 2.26. The van der Waals surface area contributed by atoms with E-state index in [1.807, 2.05) is 31.2 Å². The van der Waals surface area contributed by atoms with Gasteiger partial charge in [0.2, 0.25) is 0 Å². The molecule has 0 radical (unpaired) electrons. The number of hydrogen-bond donors (Lipinski definition) is 0. The number of aryl methyl sites for hydroxylation is 1. The van der Waals surface area contributed by atoms with E-state index in [1.165, 1.54) is 12.3 Å². The topological polar surface area (TPSA) is 41.1 Å². The van der Waals surface area contributed by atoms with Crippen molar-refractivity contribution in [2.75, 3.05) is 0 Å². The highest BCUT2D eigenvalue weighted by Gasteiger charge is 2.14. The lowest BCUT2D eigenvalue weighted by atomic mass is 10.1. The van der Waals surface area contributed by atoms with Crippen LogP contribution in [0.3, 0.4) is 0 Å². The minimum atomic E-state index is -0.343. The fourth-order valence-electron chi connectivity index (χ4n) is 2.25. The fraction of sp³-hybridized carbons (Fsp3) is 0.125. The van der Waals surface area contributed by atoms with Crippen molar-refractivity contribution in [3.05, 3.63) is 59.7 Å². The molecular weight excluding hydrogens is 253 g/mol. The SMILES string of the molecule is Cc1ccc(-c2nc3ccc(F)cn3c2CC#N)cc1. The lowest BCUT2D eigenvalue weighted by Gasteiger charge is -2.02. The number of hydrogen-bond acceptors (Lipinski definition) is 2. The van der Waals surface area contributed by atoms with Crippen molar-refractivity contribution in [2.45, 2.75) is 13.3 Å². The van der Waals surface area contributed by atoms with Crippen LogP contribution < -0.4 is 0 Å². The summed E-state index contributed by atoms with van der Waals surface area (Å²) >= 11 is 0. The number of nitrogens with zero attached hydrogens (tertiary/aromatic N) is 3. The van der Waals surface area contributed by atoms with E-state index in [0.29, 0.717) is 11.3 Å². The van der Waals surface area contributed by atoms with Crippen LogP contribution in [0.25, 0.3) is 16.9 Å². The van der Waals surface area contributed by atoms with Crippen molar-refractivity contribution in [1.82, 2.24) is 9.38 Å². The minimum absolute atomic E-state index is 0.188. The molecule has 0 saturated carbocycles. The maximum Gasteiger partial charge on any atom is 0.139 e. The molecule has 20 heavy (non-hydrogen) atoms. The van der Waals surface area contributed by atoms with Crippen LogP contribution in [0, 0.1) is 24.1 Å². The molecule has 0 spiro atoms. The first-order valence-corrected chi connectivity index (χ1v) is 6.29. The largest absolute Gasteiger partial charge is 0.299 e. The zero-order valence-electron chi connectivity index (χ0n) is 11.0. The van der Waals surface area contributed by atoms with E-state index in [0.717, 1.165) is 16.8 Å². The number of nitriles is 1. The number of rotatable bonds is 2. The Morgan fingerprint density at radius 2 is 1.95 bits per heavy atom. The summed E-state index contributed by atoms with van der Waals surface area (Å²) < 4.78 is 15.0. The molecule has 2 aromatic heterocycles. The van der Waals surface area contributed by atoms with Crippen molar-refractivity contribution in [1.29, 1.82) is 5.26 Å². The molecular formula is C16H12FN3. The number of benzene rings is 1. The second-order valence-electron chi connectivity index (χ2n) is 4.68. The zero-order valence-corrected chi connectivity index (χ0v) is 11.0. The Hall–Kier alpha value is -2.67. The van der Waals surface area contributed by atoms with Gasteiger partial charge in [-0.25, -0.2) is 9.37 Å². The lowest BCUT2D eigenvalue weighted by molar-refractivity contribution is 0.618. The fourth-order valence-corrected chi connectivity index (χ4v) is 2.25.